The normalized spacial score (nSPS) is 10.5. The fraction of sp³-hybridized carbons (Fsp3) is 0. The van der Waals surface area contributed by atoms with Crippen molar-refractivity contribution in [1.82, 2.24) is 9.97 Å². The average molecular weight is 327 g/mol. The second-order valence-corrected chi connectivity index (χ2v) is 5.25. The van der Waals surface area contributed by atoms with Crippen LogP contribution in [0.2, 0.25) is 5.02 Å². The predicted octanol–water partition coefficient (Wildman–Crippen LogP) is 3.95. The zero-order valence-corrected chi connectivity index (χ0v) is 12.6. The Hall–Kier alpha value is -2.99. The Kier molecular flexibility index (Phi) is 3.91. The van der Waals surface area contributed by atoms with Gasteiger partial charge in [0.15, 0.2) is 0 Å². The first kappa shape index (κ1) is 14.9. The first-order chi connectivity index (χ1) is 11.0. The van der Waals surface area contributed by atoms with E-state index in [2.05, 4.69) is 9.97 Å². The maximum absolute atomic E-state index is 10.9. The molecule has 2 aromatic carbocycles. The van der Waals surface area contributed by atoms with E-state index in [1.807, 2.05) is 12.1 Å². The summed E-state index contributed by atoms with van der Waals surface area (Å²) in [6.45, 7) is 0. The monoisotopic (exact) mass is 326 g/mol. The lowest BCUT2D eigenvalue weighted by molar-refractivity contribution is -0.384. The fourth-order valence-corrected chi connectivity index (χ4v) is 2.29. The van der Waals surface area contributed by atoms with Crippen molar-refractivity contribution in [3.63, 3.8) is 0 Å². The number of aromatic nitrogens is 2. The van der Waals surface area contributed by atoms with Crippen LogP contribution in [-0.4, -0.2) is 14.9 Å². The predicted molar refractivity (Wildman–Crippen MR) is 89.0 cm³/mol. The Morgan fingerprint density at radius 3 is 2.26 bits per heavy atom. The zero-order chi connectivity index (χ0) is 16.4. The van der Waals surface area contributed by atoms with Gasteiger partial charge in [0.2, 0.25) is 5.95 Å². The lowest BCUT2D eigenvalue weighted by Crippen LogP contribution is -1.99. The molecule has 0 amide bonds. The number of rotatable bonds is 3. The standard InChI is InChI=1S/C16H11ClN4O2/c17-12-6-4-10(5-7-12)14-9-15(20-16(18)19-14)11-2-1-3-13(8-11)21(22)23/h1-9H,(H2,18,19,20). The van der Waals surface area contributed by atoms with Crippen molar-refractivity contribution in [3.8, 4) is 22.5 Å². The first-order valence-corrected chi connectivity index (χ1v) is 7.06. The molecule has 0 spiro atoms. The summed E-state index contributed by atoms with van der Waals surface area (Å²) in [6.07, 6.45) is 0. The van der Waals surface area contributed by atoms with Crippen LogP contribution in [0.5, 0.6) is 0 Å². The number of halogens is 1. The molecule has 0 unspecified atom stereocenters. The number of non-ortho nitro benzene ring substituents is 1. The third-order valence-electron chi connectivity index (χ3n) is 3.24. The van der Waals surface area contributed by atoms with Gasteiger partial charge in [-0.2, -0.15) is 0 Å². The SMILES string of the molecule is Nc1nc(-c2ccc(Cl)cc2)cc(-c2cccc([N+](=O)[O-])c2)n1. The van der Waals surface area contributed by atoms with E-state index in [1.165, 1.54) is 12.1 Å². The van der Waals surface area contributed by atoms with Crippen molar-refractivity contribution in [3.05, 3.63) is 69.7 Å². The molecule has 23 heavy (non-hydrogen) atoms. The van der Waals surface area contributed by atoms with Gasteiger partial charge in [-0.15, -0.1) is 0 Å². The van der Waals surface area contributed by atoms with Gasteiger partial charge in [-0.25, -0.2) is 9.97 Å². The third-order valence-corrected chi connectivity index (χ3v) is 3.49. The number of nitrogens with two attached hydrogens (primary N) is 1. The van der Waals surface area contributed by atoms with Crippen LogP contribution in [0.1, 0.15) is 0 Å². The molecule has 1 aromatic heterocycles. The topological polar surface area (TPSA) is 94.9 Å². The van der Waals surface area contributed by atoms with Gasteiger partial charge < -0.3 is 5.73 Å². The summed E-state index contributed by atoms with van der Waals surface area (Å²) >= 11 is 5.88. The van der Waals surface area contributed by atoms with Crippen LogP contribution in [0.15, 0.2) is 54.6 Å². The Labute approximate surface area is 136 Å². The lowest BCUT2D eigenvalue weighted by atomic mass is 10.1. The molecule has 0 radical (unpaired) electrons. The molecule has 1 heterocycles. The molecular formula is C16H11ClN4O2. The molecule has 6 nitrogen and oxygen atoms in total. The van der Waals surface area contributed by atoms with E-state index in [-0.39, 0.29) is 11.6 Å². The van der Waals surface area contributed by atoms with E-state index in [0.717, 1.165) is 5.56 Å². The minimum Gasteiger partial charge on any atom is -0.368 e. The molecule has 3 rings (SSSR count). The molecule has 7 heteroatoms. The second-order valence-electron chi connectivity index (χ2n) is 4.81. The second kappa shape index (κ2) is 6.02. The van der Waals surface area contributed by atoms with Crippen LogP contribution in [0.25, 0.3) is 22.5 Å². The molecule has 0 aliphatic rings. The van der Waals surface area contributed by atoms with Crippen LogP contribution in [0.3, 0.4) is 0 Å². The summed E-state index contributed by atoms with van der Waals surface area (Å²) in [5.41, 5.74) is 8.34. The van der Waals surface area contributed by atoms with Crippen molar-refractivity contribution in [2.75, 3.05) is 5.73 Å². The molecule has 2 N–H and O–H groups in total. The summed E-state index contributed by atoms with van der Waals surface area (Å²) in [5, 5.41) is 11.5. The summed E-state index contributed by atoms with van der Waals surface area (Å²) in [5.74, 6) is 0.0963. The average Bonchev–Trinajstić information content (AvgIpc) is 2.55. The number of benzene rings is 2. The molecule has 114 valence electrons. The number of nitro groups is 1. The summed E-state index contributed by atoms with van der Waals surface area (Å²) in [6, 6.07) is 15.1. The van der Waals surface area contributed by atoms with Crippen LogP contribution >= 0.6 is 11.6 Å². The van der Waals surface area contributed by atoms with E-state index in [4.69, 9.17) is 17.3 Å². The molecule has 0 atom stereocenters. The van der Waals surface area contributed by atoms with Gasteiger partial charge in [0, 0.05) is 28.3 Å². The Morgan fingerprint density at radius 1 is 0.957 bits per heavy atom. The number of hydrogen-bond donors (Lipinski definition) is 1. The Bertz CT molecular complexity index is 882. The van der Waals surface area contributed by atoms with Crippen molar-refractivity contribution < 1.29 is 4.92 Å². The van der Waals surface area contributed by atoms with Gasteiger partial charge in [-0.3, -0.25) is 10.1 Å². The number of hydrogen-bond acceptors (Lipinski definition) is 5. The van der Waals surface area contributed by atoms with Gasteiger partial charge in [-0.1, -0.05) is 35.9 Å². The van der Waals surface area contributed by atoms with Crippen molar-refractivity contribution in [2.24, 2.45) is 0 Å². The van der Waals surface area contributed by atoms with Gasteiger partial charge in [0.05, 0.1) is 16.3 Å². The van der Waals surface area contributed by atoms with Crippen molar-refractivity contribution in [2.45, 2.75) is 0 Å². The number of nitrogen functional groups attached to an aromatic ring is 1. The van der Waals surface area contributed by atoms with Crippen LogP contribution in [-0.2, 0) is 0 Å². The van der Waals surface area contributed by atoms with Crippen molar-refractivity contribution in [1.29, 1.82) is 0 Å². The maximum Gasteiger partial charge on any atom is 0.270 e. The molecule has 0 aliphatic carbocycles. The van der Waals surface area contributed by atoms with Gasteiger partial charge in [-0.05, 0) is 18.2 Å². The van der Waals surface area contributed by atoms with Crippen LogP contribution < -0.4 is 5.73 Å². The Morgan fingerprint density at radius 2 is 1.61 bits per heavy atom. The minimum atomic E-state index is -0.450. The highest BCUT2D eigenvalue weighted by Gasteiger charge is 2.11. The van der Waals surface area contributed by atoms with Crippen LogP contribution in [0.4, 0.5) is 11.6 Å². The van der Waals surface area contributed by atoms with E-state index in [9.17, 15) is 10.1 Å². The number of nitrogens with zero attached hydrogens (tertiary/aromatic N) is 3. The zero-order valence-electron chi connectivity index (χ0n) is 11.8. The Balaban J connectivity index is 2.09. The molecule has 3 aromatic rings. The lowest BCUT2D eigenvalue weighted by Gasteiger charge is -2.06. The molecular weight excluding hydrogens is 316 g/mol. The van der Waals surface area contributed by atoms with E-state index < -0.39 is 4.92 Å². The highest BCUT2D eigenvalue weighted by atomic mass is 35.5. The van der Waals surface area contributed by atoms with E-state index in [1.54, 1.807) is 30.3 Å². The van der Waals surface area contributed by atoms with E-state index >= 15 is 0 Å². The van der Waals surface area contributed by atoms with Crippen molar-refractivity contribution >= 4 is 23.2 Å². The number of nitro benzene ring substituents is 1. The number of anilines is 1. The molecule has 0 fully saturated rings. The highest BCUT2D eigenvalue weighted by molar-refractivity contribution is 6.30. The summed E-state index contributed by atoms with van der Waals surface area (Å²) < 4.78 is 0. The molecule has 0 aliphatic heterocycles. The molecule has 0 bridgehead atoms. The first-order valence-electron chi connectivity index (χ1n) is 6.68. The van der Waals surface area contributed by atoms with Gasteiger partial charge >= 0.3 is 0 Å². The summed E-state index contributed by atoms with van der Waals surface area (Å²) in [4.78, 5) is 18.8. The van der Waals surface area contributed by atoms with Gasteiger partial charge in [0.1, 0.15) is 0 Å². The smallest absolute Gasteiger partial charge is 0.270 e. The highest BCUT2D eigenvalue weighted by Crippen LogP contribution is 2.27. The largest absolute Gasteiger partial charge is 0.368 e. The fourth-order valence-electron chi connectivity index (χ4n) is 2.16. The quantitative estimate of drug-likeness (QED) is 0.580. The summed E-state index contributed by atoms with van der Waals surface area (Å²) in [7, 11) is 0. The third kappa shape index (κ3) is 3.27. The minimum absolute atomic E-state index is 0.00673. The van der Waals surface area contributed by atoms with Gasteiger partial charge in [0.25, 0.3) is 5.69 Å². The molecule has 0 saturated heterocycles. The maximum atomic E-state index is 10.9. The molecule has 0 saturated carbocycles. The van der Waals surface area contributed by atoms with Crippen LogP contribution in [0, 0.1) is 10.1 Å². The van der Waals surface area contributed by atoms with E-state index in [0.29, 0.717) is 22.0 Å².